The first-order valence-electron chi connectivity index (χ1n) is 6.21. The SMILES string of the molecule is c1ccc(-c2[nH]ncc2-c2ccc3nocc3c2)nc1. The van der Waals surface area contributed by atoms with E-state index in [2.05, 4.69) is 20.3 Å². The van der Waals surface area contributed by atoms with E-state index in [1.165, 1.54) is 0 Å². The number of nitrogens with one attached hydrogen (secondary N) is 1. The lowest BCUT2D eigenvalue weighted by Gasteiger charge is -2.02. The van der Waals surface area contributed by atoms with E-state index < -0.39 is 0 Å². The van der Waals surface area contributed by atoms with Crippen molar-refractivity contribution in [1.82, 2.24) is 20.3 Å². The van der Waals surface area contributed by atoms with Crippen molar-refractivity contribution >= 4 is 10.9 Å². The van der Waals surface area contributed by atoms with Crippen molar-refractivity contribution < 1.29 is 4.52 Å². The lowest BCUT2D eigenvalue weighted by molar-refractivity contribution is 0.428. The molecule has 3 heterocycles. The monoisotopic (exact) mass is 262 g/mol. The average Bonchev–Trinajstić information content (AvgIpc) is 3.16. The van der Waals surface area contributed by atoms with Crippen LogP contribution in [-0.2, 0) is 0 Å². The molecule has 0 atom stereocenters. The van der Waals surface area contributed by atoms with Gasteiger partial charge in [-0.3, -0.25) is 10.1 Å². The highest BCUT2D eigenvalue weighted by Crippen LogP contribution is 2.30. The fourth-order valence-electron chi connectivity index (χ4n) is 2.25. The van der Waals surface area contributed by atoms with E-state index in [4.69, 9.17) is 4.52 Å². The van der Waals surface area contributed by atoms with E-state index in [9.17, 15) is 0 Å². The van der Waals surface area contributed by atoms with Gasteiger partial charge < -0.3 is 4.52 Å². The third-order valence-electron chi connectivity index (χ3n) is 3.23. The molecule has 5 heteroatoms. The maximum absolute atomic E-state index is 4.97. The van der Waals surface area contributed by atoms with E-state index in [-0.39, 0.29) is 0 Å². The highest BCUT2D eigenvalue weighted by atomic mass is 16.5. The van der Waals surface area contributed by atoms with Crippen LogP contribution in [0, 0.1) is 0 Å². The molecule has 1 aromatic carbocycles. The summed E-state index contributed by atoms with van der Waals surface area (Å²) in [7, 11) is 0. The molecule has 0 aliphatic rings. The predicted molar refractivity (Wildman–Crippen MR) is 74.8 cm³/mol. The summed E-state index contributed by atoms with van der Waals surface area (Å²) in [5.74, 6) is 0. The Labute approximate surface area is 114 Å². The summed E-state index contributed by atoms with van der Waals surface area (Å²) in [5.41, 5.74) is 4.67. The zero-order chi connectivity index (χ0) is 13.4. The second-order valence-corrected chi connectivity index (χ2v) is 4.46. The van der Waals surface area contributed by atoms with Crippen molar-refractivity contribution in [2.75, 3.05) is 0 Å². The average molecular weight is 262 g/mol. The van der Waals surface area contributed by atoms with Crippen molar-refractivity contribution in [3.8, 4) is 22.5 Å². The lowest BCUT2D eigenvalue weighted by Crippen LogP contribution is -1.85. The van der Waals surface area contributed by atoms with Gasteiger partial charge in [-0.25, -0.2) is 0 Å². The van der Waals surface area contributed by atoms with Crippen LogP contribution in [0.4, 0.5) is 0 Å². The molecule has 0 spiro atoms. The van der Waals surface area contributed by atoms with Crippen molar-refractivity contribution in [1.29, 1.82) is 0 Å². The highest BCUT2D eigenvalue weighted by Gasteiger charge is 2.11. The van der Waals surface area contributed by atoms with E-state index >= 15 is 0 Å². The van der Waals surface area contributed by atoms with Gasteiger partial charge in [-0.15, -0.1) is 0 Å². The number of rotatable bonds is 2. The molecule has 20 heavy (non-hydrogen) atoms. The molecule has 0 aliphatic carbocycles. The zero-order valence-electron chi connectivity index (χ0n) is 10.4. The lowest BCUT2D eigenvalue weighted by atomic mass is 10.0. The molecule has 0 bridgehead atoms. The van der Waals surface area contributed by atoms with E-state index in [1.807, 2.05) is 36.4 Å². The number of fused-ring (bicyclic) bond motifs is 1. The van der Waals surface area contributed by atoms with E-state index in [1.54, 1.807) is 18.7 Å². The molecule has 3 aromatic heterocycles. The second kappa shape index (κ2) is 4.31. The van der Waals surface area contributed by atoms with Crippen molar-refractivity contribution in [2.45, 2.75) is 0 Å². The predicted octanol–water partition coefficient (Wildman–Crippen LogP) is 3.28. The molecule has 0 saturated carbocycles. The van der Waals surface area contributed by atoms with Gasteiger partial charge in [-0.05, 0) is 29.8 Å². The van der Waals surface area contributed by atoms with Crippen molar-refractivity contribution in [2.24, 2.45) is 0 Å². The smallest absolute Gasteiger partial charge is 0.131 e. The Morgan fingerprint density at radius 3 is 3.00 bits per heavy atom. The minimum absolute atomic E-state index is 0.844. The summed E-state index contributed by atoms with van der Waals surface area (Å²) in [5, 5.41) is 12.0. The number of hydrogen-bond donors (Lipinski definition) is 1. The molecular formula is C15H10N4O. The van der Waals surface area contributed by atoms with Gasteiger partial charge in [-0.2, -0.15) is 5.10 Å². The standard InChI is InChI=1S/C15H10N4O/c1-2-6-16-14(3-1)15-12(8-17-18-15)10-4-5-13-11(7-10)9-20-19-13/h1-9H,(H,17,18). The van der Waals surface area contributed by atoms with Gasteiger partial charge in [0.15, 0.2) is 0 Å². The Balaban J connectivity index is 1.88. The summed E-state index contributed by atoms with van der Waals surface area (Å²) in [4.78, 5) is 4.36. The third kappa shape index (κ3) is 1.68. The molecule has 0 unspecified atom stereocenters. The van der Waals surface area contributed by atoms with Gasteiger partial charge in [0, 0.05) is 17.1 Å². The van der Waals surface area contributed by atoms with Gasteiger partial charge in [0.25, 0.3) is 0 Å². The molecule has 0 amide bonds. The topological polar surface area (TPSA) is 67.6 Å². The normalized spacial score (nSPS) is 11.0. The number of aromatic amines is 1. The summed E-state index contributed by atoms with van der Waals surface area (Å²) >= 11 is 0. The maximum Gasteiger partial charge on any atom is 0.131 e. The van der Waals surface area contributed by atoms with Gasteiger partial charge >= 0.3 is 0 Å². The summed E-state index contributed by atoms with van der Waals surface area (Å²) in [6.45, 7) is 0. The van der Waals surface area contributed by atoms with E-state index in [0.717, 1.165) is 33.4 Å². The number of aromatic nitrogens is 4. The molecule has 0 aliphatic heterocycles. The summed E-state index contributed by atoms with van der Waals surface area (Å²) < 4.78 is 4.97. The van der Waals surface area contributed by atoms with Crippen LogP contribution < -0.4 is 0 Å². The van der Waals surface area contributed by atoms with Crippen molar-refractivity contribution in [3.05, 3.63) is 55.1 Å². The molecule has 5 nitrogen and oxygen atoms in total. The van der Waals surface area contributed by atoms with Crippen LogP contribution in [-0.4, -0.2) is 20.3 Å². The van der Waals surface area contributed by atoms with Gasteiger partial charge in [0.2, 0.25) is 0 Å². The van der Waals surface area contributed by atoms with E-state index in [0.29, 0.717) is 0 Å². The van der Waals surface area contributed by atoms with Crippen LogP contribution >= 0.6 is 0 Å². The first-order chi connectivity index (χ1) is 9.92. The quantitative estimate of drug-likeness (QED) is 0.602. The molecule has 96 valence electrons. The summed E-state index contributed by atoms with van der Waals surface area (Å²) in [6.07, 6.45) is 5.21. The molecule has 0 fully saturated rings. The number of pyridine rings is 1. The Bertz CT molecular complexity index is 864. The van der Waals surface area contributed by atoms with Crippen LogP contribution in [0.15, 0.2) is 59.6 Å². The number of hydrogen-bond acceptors (Lipinski definition) is 4. The fourth-order valence-corrected chi connectivity index (χ4v) is 2.25. The minimum Gasteiger partial charge on any atom is -0.364 e. The van der Waals surface area contributed by atoms with Crippen molar-refractivity contribution in [3.63, 3.8) is 0 Å². The van der Waals surface area contributed by atoms with Crippen LogP contribution in [0.25, 0.3) is 33.4 Å². The van der Waals surface area contributed by atoms with Gasteiger partial charge in [0.1, 0.15) is 11.8 Å². The maximum atomic E-state index is 4.97. The Hall–Kier alpha value is -2.95. The summed E-state index contributed by atoms with van der Waals surface area (Å²) in [6, 6.07) is 11.8. The molecule has 1 N–H and O–H groups in total. The molecule has 4 aromatic rings. The Kier molecular flexibility index (Phi) is 2.35. The minimum atomic E-state index is 0.844. The second-order valence-electron chi connectivity index (χ2n) is 4.46. The van der Waals surface area contributed by atoms with Crippen LogP contribution in [0.5, 0.6) is 0 Å². The highest BCUT2D eigenvalue weighted by molar-refractivity contribution is 5.87. The molecular weight excluding hydrogens is 252 g/mol. The molecule has 0 saturated heterocycles. The fraction of sp³-hybridized carbons (Fsp3) is 0. The Morgan fingerprint density at radius 1 is 1.10 bits per heavy atom. The molecule has 0 radical (unpaired) electrons. The first-order valence-corrected chi connectivity index (χ1v) is 6.21. The van der Waals surface area contributed by atoms with Gasteiger partial charge in [0.05, 0.1) is 17.6 Å². The number of benzene rings is 1. The largest absolute Gasteiger partial charge is 0.364 e. The van der Waals surface area contributed by atoms with Crippen LogP contribution in [0.3, 0.4) is 0 Å². The zero-order valence-corrected chi connectivity index (χ0v) is 10.4. The molecule has 4 rings (SSSR count). The Morgan fingerprint density at radius 2 is 2.10 bits per heavy atom. The number of nitrogens with zero attached hydrogens (tertiary/aromatic N) is 3. The van der Waals surface area contributed by atoms with Crippen LogP contribution in [0.2, 0.25) is 0 Å². The third-order valence-corrected chi connectivity index (χ3v) is 3.23. The number of H-pyrrole nitrogens is 1. The first kappa shape index (κ1) is 10.9. The van der Waals surface area contributed by atoms with Crippen LogP contribution in [0.1, 0.15) is 0 Å². The van der Waals surface area contributed by atoms with Gasteiger partial charge in [-0.1, -0.05) is 17.3 Å².